The van der Waals surface area contributed by atoms with Crippen LogP contribution in [0.4, 0.5) is 0 Å². The molecule has 0 fully saturated rings. The molecule has 1 aromatic rings. The van der Waals surface area contributed by atoms with E-state index >= 15 is 0 Å². The van der Waals surface area contributed by atoms with E-state index in [1.165, 1.54) is 29.5 Å². The van der Waals surface area contributed by atoms with Crippen molar-refractivity contribution in [3.8, 4) is 0 Å². The van der Waals surface area contributed by atoms with Crippen LogP contribution in [0.25, 0.3) is 0 Å². The molecule has 0 atom stereocenters. The number of Topliss-reactive ketones (excluding diaryl/α,β-unsaturated/α-hetero) is 1. The lowest BCUT2D eigenvalue weighted by molar-refractivity contribution is -0.119. The minimum atomic E-state index is 0.415. The molecule has 0 aromatic heterocycles. The Morgan fingerprint density at radius 3 is 2.53 bits per heavy atom. The molecule has 0 radical (unpaired) electrons. The Kier molecular flexibility index (Phi) is 5.96. The molecule has 0 saturated carbocycles. The summed E-state index contributed by atoms with van der Waals surface area (Å²) in [5, 5.41) is 0. The highest BCUT2D eigenvalue weighted by atomic mass is 16.1. The van der Waals surface area contributed by atoms with Crippen molar-refractivity contribution in [3.05, 3.63) is 34.9 Å². The molecule has 1 nitrogen and oxygen atoms in total. The number of carbonyl (C=O) groups is 1. The average molecular weight is 232 g/mol. The van der Waals surface area contributed by atoms with E-state index < -0.39 is 0 Å². The number of carbonyl (C=O) groups excluding carboxylic acids is 1. The summed E-state index contributed by atoms with van der Waals surface area (Å²) >= 11 is 0. The molecule has 1 aromatic carbocycles. The van der Waals surface area contributed by atoms with Gasteiger partial charge in [-0.2, -0.15) is 0 Å². The Morgan fingerprint density at radius 2 is 1.88 bits per heavy atom. The van der Waals surface area contributed by atoms with Gasteiger partial charge < -0.3 is 0 Å². The highest BCUT2D eigenvalue weighted by Gasteiger charge is 2.04. The first-order valence-electron chi connectivity index (χ1n) is 6.71. The van der Waals surface area contributed by atoms with Crippen LogP contribution in [-0.2, 0) is 11.2 Å². The maximum atomic E-state index is 11.7. The summed E-state index contributed by atoms with van der Waals surface area (Å²) in [6, 6.07) is 6.48. The summed E-state index contributed by atoms with van der Waals surface area (Å²) in [7, 11) is 0. The van der Waals surface area contributed by atoms with Crippen molar-refractivity contribution in [1.82, 2.24) is 0 Å². The van der Waals surface area contributed by atoms with Crippen molar-refractivity contribution < 1.29 is 4.79 Å². The van der Waals surface area contributed by atoms with Crippen LogP contribution in [0.15, 0.2) is 18.2 Å². The quantitative estimate of drug-likeness (QED) is 0.637. The highest BCUT2D eigenvalue weighted by Crippen LogP contribution is 2.13. The smallest absolute Gasteiger partial charge is 0.133 e. The summed E-state index contributed by atoms with van der Waals surface area (Å²) < 4.78 is 0. The van der Waals surface area contributed by atoms with Crippen LogP contribution in [0, 0.1) is 13.8 Å². The molecule has 0 heterocycles. The van der Waals surface area contributed by atoms with E-state index in [0.29, 0.717) is 12.2 Å². The van der Waals surface area contributed by atoms with Crippen LogP contribution in [0.5, 0.6) is 0 Å². The Balaban J connectivity index is 2.37. The van der Waals surface area contributed by atoms with Gasteiger partial charge in [0.1, 0.15) is 5.78 Å². The van der Waals surface area contributed by atoms with Crippen LogP contribution in [0.2, 0.25) is 0 Å². The molecular weight excluding hydrogens is 208 g/mol. The molecule has 0 N–H and O–H groups in total. The molecule has 0 spiro atoms. The van der Waals surface area contributed by atoms with E-state index in [1.807, 2.05) is 0 Å². The summed E-state index contributed by atoms with van der Waals surface area (Å²) in [4.78, 5) is 11.7. The lowest BCUT2D eigenvalue weighted by Crippen LogP contribution is -2.01. The first-order valence-corrected chi connectivity index (χ1v) is 6.71. The van der Waals surface area contributed by atoms with Crippen molar-refractivity contribution in [1.29, 1.82) is 0 Å². The summed E-state index contributed by atoms with van der Waals surface area (Å²) in [5.41, 5.74) is 3.92. The summed E-state index contributed by atoms with van der Waals surface area (Å²) in [6.45, 7) is 6.40. The van der Waals surface area contributed by atoms with E-state index in [0.717, 1.165) is 19.3 Å². The molecule has 17 heavy (non-hydrogen) atoms. The fourth-order valence-electron chi connectivity index (χ4n) is 2.10. The molecule has 0 aliphatic carbocycles. The molecule has 0 aliphatic heterocycles. The van der Waals surface area contributed by atoms with E-state index in [-0.39, 0.29) is 0 Å². The minimum absolute atomic E-state index is 0.415. The van der Waals surface area contributed by atoms with Crippen LogP contribution in [0.3, 0.4) is 0 Å². The van der Waals surface area contributed by atoms with Crippen molar-refractivity contribution in [3.63, 3.8) is 0 Å². The van der Waals surface area contributed by atoms with E-state index in [9.17, 15) is 4.79 Å². The van der Waals surface area contributed by atoms with Crippen LogP contribution >= 0.6 is 0 Å². The van der Waals surface area contributed by atoms with Gasteiger partial charge in [-0.25, -0.2) is 0 Å². The number of benzene rings is 1. The van der Waals surface area contributed by atoms with Gasteiger partial charge in [0.05, 0.1) is 0 Å². The summed E-state index contributed by atoms with van der Waals surface area (Å²) in [6.07, 6.45) is 5.78. The fourth-order valence-corrected chi connectivity index (χ4v) is 2.10. The Hall–Kier alpha value is -1.11. The van der Waals surface area contributed by atoms with Gasteiger partial charge in [-0.1, -0.05) is 43.5 Å². The van der Waals surface area contributed by atoms with Gasteiger partial charge in [-0.05, 0) is 37.8 Å². The third-order valence-corrected chi connectivity index (χ3v) is 3.23. The SMILES string of the molecule is CCCCCC(=O)CCc1ccc(C)cc1C. The highest BCUT2D eigenvalue weighted by molar-refractivity contribution is 5.78. The molecule has 0 bridgehead atoms. The van der Waals surface area contributed by atoms with Gasteiger partial charge in [0.25, 0.3) is 0 Å². The van der Waals surface area contributed by atoms with Gasteiger partial charge in [0, 0.05) is 12.8 Å². The van der Waals surface area contributed by atoms with Crippen molar-refractivity contribution in [2.75, 3.05) is 0 Å². The summed E-state index contributed by atoms with van der Waals surface area (Å²) in [5.74, 6) is 0.415. The van der Waals surface area contributed by atoms with Gasteiger partial charge in [-0.15, -0.1) is 0 Å². The zero-order valence-corrected chi connectivity index (χ0v) is 11.4. The van der Waals surface area contributed by atoms with Crippen molar-refractivity contribution >= 4 is 5.78 Å². The number of hydrogen-bond acceptors (Lipinski definition) is 1. The average Bonchev–Trinajstić information content (AvgIpc) is 2.28. The molecule has 1 heteroatoms. The maximum absolute atomic E-state index is 11.7. The number of unbranched alkanes of at least 4 members (excludes halogenated alkanes) is 2. The fraction of sp³-hybridized carbons (Fsp3) is 0.562. The number of ketones is 1. The number of hydrogen-bond donors (Lipinski definition) is 0. The van der Waals surface area contributed by atoms with Crippen LogP contribution in [0.1, 0.15) is 55.7 Å². The van der Waals surface area contributed by atoms with E-state index in [2.05, 4.69) is 39.0 Å². The molecule has 1 rings (SSSR count). The first-order chi connectivity index (χ1) is 8.13. The number of aryl methyl sites for hydroxylation is 3. The zero-order chi connectivity index (χ0) is 12.7. The van der Waals surface area contributed by atoms with Gasteiger partial charge in [0.2, 0.25) is 0 Å². The first kappa shape index (κ1) is 14.0. The van der Waals surface area contributed by atoms with Crippen LogP contribution in [-0.4, -0.2) is 5.78 Å². The third-order valence-electron chi connectivity index (χ3n) is 3.23. The zero-order valence-electron chi connectivity index (χ0n) is 11.4. The Bertz CT molecular complexity index is 366. The molecule has 0 saturated heterocycles. The van der Waals surface area contributed by atoms with E-state index in [4.69, 9.17) is 0 Å². The largest absolute Gasteiger partial charge is 0.300 e. The molecule has 0 unspecified atom stereocenters. The standard InChI is InChI=1S/C16H24O/c1-4-5-6-7-16(17)11-10-15-9-8-13(2)12-14(15)3/h8-9,12H,4-7,10-11H2,1-3H3. The number of rotatable bonds is 7. The molecule has 94 valence electrons. The topological polar surface area (TPSA) is 17.1 Å². The molecule has 0 aliphatic rings. The minimum Gasteiger partial charge on any atom is -0.300 e. The second-order valence-corrected chi connectivity index (χ2v) is 4.93. The predicted octanol–water partition coefficient (Wildman–Crippen LogP) is 4.39. The van der Waals surface area contributed by atoms with Gasteiger partial charge in [0.15, 0.2) is 0 Å². The van der Waals surface area contributed by atoms with Crippen LogP contribution < -0.4 is 0 Å². The van der Waals surface area contributed by atoms with Gasteiger partial charge >= 0.3 is 0 Å². The lowest BCUT2D eigenvalue weighted by atomic mass is 9.99. The molecule has 0 amide bonds. The Labute approximate surface area is 105 Å². The second-order valence-electron chi connectivity index (χ2n) is 4.93. The predicted molar refractivity (Wildman–Crippen MR) is 73.4 cm³/mol. The van der Waals surface area contributed by atoms with E-state index in [1.54, 1.807) is 0 Å². The lowest BCUT2D eigenvalue weighted by Gasteiger charge is -2.06. The third kappa shape index (κ3) is 5.16. The van der Waals surface area contributed by atoms with Gasteiger partial charge in [-0.3, -0.25) is 4.79 Å². The van der Waals surface area contributed by atoms with Crippen molar-refractivity contribution in [2.24, 2.45) is 0 Å². The normalized spacial score (nSPS) is 10.5. The Morgan fingerprint density at radius 1 is 1.12 bits per heavy atom. The second kappa shape index (κ2) is 7.26. The molecular formula is C16H24O. The van der Waals surface area contributed by atoms with Crippen molar-refractivity contribution in [2.45, 2.75) is 59.3 Å². The maximum Gasteiger partial charge on any atom is 0.133 e. The monoisotopic (exact) mass is 232 g/mol.